The lowest BCUT2D eigenvalue weighted by Crippen LogP contribution is -2.30. The van der Waals surface area contributed by atoms with Crippen LogP contribution in [0.1, 0.15) is 25.3 Å². The molecule has 0 N–H and O–H groups in total. The van der Waals surface area contributed by atoms with Crippen molar-refractivity contribution in [1.82, 2.24) is 5.01 Å². The van der Waals surface area contributed by atoms with Crippen LogP contribution in [0.2, 0.25) is 0 Å². The van der Waals surface area contributed by atoms with Crippen LogP contribution in [0.5, 0.6) is 0 Å². The van der Waals surface area contributed by atoms with E-state index in [0.717, 1.165) is 17.7 Å². The molecule has 1 amide bonds. The molecule has 1 aliphatic heterocycles. The summed E-state index contributed by atoms with van der Waals surface area (Å²) < 4.78 is 0. The van der Waals surface area contributed by atoms with E-state index >= 15 is 0 Å². The van der Waals surface area contributed by atoms with E-state index in [2.05, 4.69) is 5.10 Å². The van der Waals surface area contributed by atoms with E-state index < -0.39 is 0 Å². The molecule has 1 aliphatic rings. The van der Waals surface area contributed by atoms with Gasteiger partial charge >= 0.3 is 0 Å². The molecule has 0 spiro atoms. The molecule has 0 saturated carbocycles. The van der Waals surface area contributed by atoms with E-state index in [0.29, 0.717) is 13.0 Å². The number of carbonyl (C=O) groups excluding carboxylic acids is 1. The maximum absolute atomic E-state index is 11.6. The summed E-state index contributed by atoms with van der Waals surface area (Å²) in [4.78, 5) is 11.6. The molecule has 1 heterocycles. The topological polar surface area (TPSA) is 32.7 Å². The van der Waals surface area contributed by atoms with Crippen LogP contribution < -0.4 is 0 Å². The minimum absolute atomic E-state index is 0.115. The third-order valence-corrected chi connectivity index (χ3v) is 2.46. The fourth-order valence-electron chi connectivity index (χ4n) is 1.61. The van der Waals surface area contributed by atoms with Gasteiger partial charge in [0.25, 0.3) is 0 Å². The van der Waals surface area contributed by atoms with Crippen LogP contribution >= 0.6 is 0 Å². The van der Waals surface area contributed by atoms with Crippen molar-refractivity contribution in [3.8, 4) is 0 Å². The number of hydrogen-bond acceptors (Lipinski definition) is 2. The molecule has 0 aromatic heterocycles. The van der Waals surface area contributed by atoms with E-state index in [4.69, 9.17) is 0 Å². The van der Waals surface area contributed by atoms with Gasteiger partial charge in [-0.2, -0.15) is 5.10 Å². The average molecular weight is 202 g/mol. The van der Waals surface area contributed by atoms with Gasteiger partial charge < -0.3 is 0 Å². The van der Waals surface area contributed by atoms with Gasteiger partial charge in [0.05, 0.1) is 6.54 Å². The third kappa shape index (κ3) is 2.43. The minimum atomic E-state index is 0.115. The summed E-state index contributed by atoms with van der Waals surface area (Å²) in [6.45, 7) is 2.54. The Morgan fingerprint density at radius 1 is 1.27 bits per heavy atom. The molecule has 3 nitrogen and oxygen atoms in total. The predicted octanol–water partition coefficient (Wildman–Crippen LogP) is 2.18. The zero-order chi connectivity index (χ0) is 10.7. The molecule has 1 aromatic carbocycles. The van der Waals surface area contributed by atoms with Crippen molar-refractivity contribution in [3.63, 3.8) is 0 Å². The number of amides is 1. The highest BCUT2D eigenvalue weighted by Crippen LogP contribution is 2.12. The first-order valence-electron chi connectivity index (χ1n) is 5.14. The normalized spacial score (nSPS) is 16.5. The van der Waals surface area contributed by atoms with Crippen molar-refractivity contribution >= 4 is 11.6 Å². The third-order valence-electron chi connectivity index (χ3n) is 2.46. The quantitative estimate of drug-likeness (QED) is 0.723. The van der Waals surface area contributed by atoms with Gasteiger partial charge in [-0.3, -0.25) is 4.79 Å². The summed E-state index contributed by atoms with van der Waals surface area (Å²) in [5, 5.41) is 5.82. The van der Waals surface area contributed by atoms with Crippen molar-refractivity contribution in [2.24, 2.45) is 5.10 Å². The SMILES string of the molecule is CC1=NN(Cc2ccccc2)C(=O)CC1. The second-order valence-corrected chi connectivity index (χ2v) is 3.77. The lowest BCUT2D eigenvalue weighted by atomic mass is 10.1. The lowest BCUT2D eigenvalue weighted by Gasteiger charge is -2.22. The number of nitrogens with zero attached hydrogens (tertiary/aromatic N) is 2. The second kappa shape index (κ2) is 4.26. The maximum Gasteiger partial charge on any atom is 0.243 e. The summed E-state index contributed by atoms with van der Waals surface area (Å²) in [5.41, 5.74) is 2.15. The van der Waals surface area contributed by atoms with Crippen molar-refractivity contribution in [3.05, 3.63) is 35.9 Å². The Morgan fingerprint density at radius 2 is 2.00 bits per heavy atom. The van der Waals surface area contributed by atoms with Gasteiger partial charge in [0.15, 0.2) is 0 Å². The van der Waals surface area contributed by atoms with E-state index in [1.54, 1.807) is 5.01 Å². The van der Waals surface area contributed by atoms with E-state index in [9.17, 15) is 4.79 Å². The first-order chi connectivity index (χ1) is 7.25. The van der Waals surface area contributed by atoms with Crippen LogP contribution in [0.3, 0.4) is 0 Å². The zero-order valence-electron chi connectivity index (χ0n) is 8.81. The second-order valence-electron chi connectivity index (χ2n) is 3.77. The molecule has 2 rings (SSSR count). The standard InChI is InChI=1S/C12H14N2O/c1-10-7-8-12(15)14(13-10)9-11-5-3-2-4-6-11/h2-6H,7-9H2,1H3. The van der Waals surface area contributed by atoms with Crippen LogP contribution in [0.15, 0.2) is 35.4 Å². The summed E-state index contributed by atoms with van der Waals surface area (Å²) >= 11 is 0. The molecular formula is C12H14N2O. The first-order valence-corrected chi connectivity index (χ1v) is 5.14. The van der Waals surface area contributed by atoms with Crippen molar-refractivity contribution in [2.75, 3.05) is 0 Å². The van der Waals surface area contributed by atoms with Crippen LogP contribution in [-0.2, 0) is 11.3 Å². The molecule has 1 aromatic rings. The molecule has 0 atom stereocenters. The Balaban J connectivity index is 2.11. The van der Waals surface area contributed by atoms with E-state index in [1.165, 1.54) is 0 Å². The number of benzene rings is 1. The zero-order valence-corrected chi connectivity index (χ0v) is 8.81. The van der Waals surface area contributed by atoms with Gasteiger partial charge in [-0.15, -0.1) is 0 Å². The number of hydrogen-bond donors (Lipinski definition) is 0. The molecule has 78 valence electrons. The van der Waals surface area contributed by atoms with Crippen molar-refractivity contribution in [1.29, 1.82) is 0 Å². The molecule has 0 bridgehead atoms. The predicted molar refractivity (Wildman–Crippen MR) is 59.3 cm³/mol. The van der Waals surface area contributed by atoms with E-state index in [1.807, 2.05) is 37.3 Å². The van der Waals surface area contributed by atoms with Gasteiger partial charge in [0.1, 0.15) is 0 Å². The Morgan fingerprint density at radius 3 is 2.73 bits per heavy atom. The lowest BCUT2D eigenvalue weighted by molar-refractivity contribution is -0.132. The first kappa shape index (κ1) is 9.90. The van der Waals surface area contributed by atoms with Gasteiger partial charge in [-0.1, -0.05) is 30.3 Å². The summed E-state index contributed by atoms with van der Waals surface area (Å²) in [6, 6.07) is 9.93. The van der Waals surface area contributed by atoms with Gasteiger partial charge in [0.2, 0.25) is 5.91 Å². The highest BCUT2D eigenvalue weighted by molar-refractivity contribution is 5.91. The number of carbonyl (C=O) groups is 1. The van der Waals surface area contributed by atoms with Gasteiger partial charge in [-0.05, 0) is 18.9 Å². The molecular weight excluding hydrogens is 188 g/mol. The highest BCUT2D eigenvalue weighted by Gasteiger charge is 2.17. The number of hydrazone groups is 1. The Hall–Kier alpha value is -1.64. The van der Waals surface area contributed by atoms with Crippen LogP contribution in [-0.4, -0.2) is 16.6 Å². The molecule has 0 radical (unpaired) electrons. The number of rotatable bonds is 2. The van der Waals surface area contributed by atoms with E-state index in [-0.39, 0.29) is 5.91 Å². The molecule has 0 fully saturated rings. The van der Waals surface area contributed by atoms with Crippen molar-refractivity contribution in [2.45, 2.75) is 26.3 Å². The Labute approximate surface area is 89.4 Å². The van der Waals surface area contributed by atoms with Crippen molar-refractivity contribution < 1.29 is 4.79 Å². The smallest absolute Gasteiger partial charge is 0.243 e. The molecule has 15 heavy (non-hydrogen) atoms. The highest BCUT2D eigenvalue weighted by atomic mass is 16.2. The maximum atomic E-state index is 11.6. The van der Waals surface area contributed by atoms with Crippen LogP contribution in [0.4, 0.5) is 0 Å². The van der Waals surface area contributed by atoms with Crippen LogP contribution in [0, 0.1) is 0 Å². The monoisotopic (exact) mass is 202 g/mol. The molecule has 0 unspecified atom stereocenters. The minimum Gasteiger partial charge on any atom is -0.273 e. The summed E-state index contributed by atoms with van der Waals surface area (Å²) in [5.74, 6) is 0.115. The molecule has 3 heteroatoms. The largest absolute Gasteiger partial charge is 0.273 e. The molecule has 0 aliphatic carbocycles. The molecule has 0 saturated heterocycles. The Kier molecular flexibility index (Phi) is 2.81. The Bertz CT molecular complexity index is 384. The average Bonchev–Trinajstić information content (AvgIpc) is 2.25. The fourth-order valence-corrected chi connectivity index (χ4v) is 1.61. The van der Waals surface area contributed by atoms with Gasteiger partial charge in [0, 0.05) is 12.1 Å². The van der Waals surface area contributed by atoms with Crippen LogP contribution in [0.25, 0.3) is 0 Å². The summed E-state index contributed by atoms with van der Waals surface area (Å²) in [6.07, 6.45) is 1.38. The van der Waals surface area contributed by atoms with Gasteiger partial charge in [-0.25, -0.2) is 5.01 Å². The summed E-state index contributed by atoms with van der Waals surface area (Å²) in [7, 11) is 0. The fraction of sp³-hybridized carbons (Fsp3) is 0.333.